The molecule has 4 heterocycles. The van der Waals surface area contributed by atoms with Crippen LogP contribution in [-0.2, 0) is 11.3 Å². The molecule has 0 saturated carbocycles. The van der Waals surface area contributed by atoms with E-state index in [1.165, 1.54) is 0 Å². The molecule has 2 aromatic rings. The summed E-state index contributed by atoms with van der Waals surface area (Å²) in [5, 5.41) is 0. The number of carbonyl (C=O) groups is 1. The van der Waals surface area contributed by atoms with E-state index < -0.39 is 0 Å². The van der Waals surface area contributed by atoms with E-state index in [0.29, 0.717) is 13.0 Å². The third kappa shape index (κ3) is 3.11. The number of carbonyl (C=O) groups excluding carboxylic acids is 1. The zero-order valence-corrected chi connectivity index (χ0v) is 14.7. The second-order valence-corrected chi connectivity index (χ2v) is 7.15. The molecule has 0 aromatic carbocycles. The highest BCUT2D eigenvalue weighted by Crippen LogP contribution is 2.40. The average Bonchev–Trinajstić information content (AvgIpc) is 2.93. The summed E-state index contributed by atoms with van der Waals surface area (Å²) in [5.41, 5.74) is 1.98. The maximum Gasteiger partial charge on any atom is 0.223 e. The zero-order valence-electron chi connectivity index (χ0n) is 14.7. The number of hydrogen-bond donors (Lipinski definition) is 0. The Labute approximate surface area is 148 Å². The maximum atomic E-state index is 12.6. The fraction of sp³-hybridized carbons (Fsp3) is 0.450. The van der Waals surface area contributed by atoms with Crippen LogP contribution in [0.25, 0.3) is 0 Å². The average molecular weight is 336 g/mol. The number of likely N-dealkylation sites (tertiary alicyclic amines) is 1. The Morgan fingerprint density at radius 2 is 1.92 bits per heavy atom. The summed E-state index contributed by atoms with van der Waals surface area (Å²) in [5.74, 6) is 1.31. The second-order valence-electron chi connectivity index (χ2n) is 7.15. The van der Waals surface area contributed by atoms with Crippen molar-refractivity contribution in [2.75, 3.05) is 18.0 Å². The first-order valence-corrected chi connectivity index (χ1v) is 9.05. The minimum atomic E-state index is -0.00616. The van der Waals surface area contributed by atoms with Crippen molar-refractivity contribution in [3.05, 3.63) is 54.0 Å². The lowest BCUT2D eigenvalue weighted by molar-refractivity contribution is -0.132. The second kappa shape index (κ2) is 6.47. The summed E-state index contributed by atoms with van der Waals surface area (Å²) >= 11 is 0. The third-order valence-corrected chi connectivity index (χ3v) is 5.61. The molecule has 2 aliphatic heterocycles. The summed E-state index contributed by atoms with van der Waals surface area (Å²) in [4.78, 5) is 26.1. The van der Waals surface area contributed by atoms with Crippen LogP contribution in [0, 0.1) is 6.92 Å². The summed E-state index contributed by atoms with van der Waals surface area (Å²) in [6.45, 7) is 4.52. The summed E-state index contributed by atoms with van der Waals surface area (Å²) in [7, 11) is 0. The molecule has 1 amide bonds. The molecule has 0 atom stereocenters. The van der Waals surface area contributed by atoms with E-state index in [-0.39, 0.29) is 11.4 Å². The first kappa shape index (κ1) is 16.1. The molecule has 0 bridgehead atoms. The van der Waals surface area contributed by atoms with Gasteiger partial charge >= 0.3 is 0 Å². The van der Waals surface area contributed by atoms with Crippen molar-refractivity contribution in [3.63, 3.8) is 0 Å². The molecule has 2 saturated heterocycles. The fourth-order valence-electron chi connectivity index (χ4n) is 4.19. The molecule has 2 aliphatic rings. The Hall–Kier alpha value is -2.43. The van der Waals surface area contributed by atoms with E-state index in [2.05, 4.69) is 25.8 Å². The highest BCUT2D eigenvalue weighted by molar-refractivity contribution is 5.79. The molecule has 0 aliphatic carbocycles. The van der Waals surface area contributed by atoms with Crippen molar-refractivity contribution in [3.8, 4) is 0 Å². The van der Waals surface area contributed by atoms with Gasteiger partial charge in [0.2, 0.25) is 5.91 Å². The van der Waals surface area contributed by atoms with Gasteiger partial charge in [0.25, 0.3) is 0 Å². The molecule has 2 aromatic heterocycles. The predicted molar refractivity (Wildman–Crippen MR) is 97.2 cm³/mol. The van der Waals surface area contributed by atoms with Crippen LogP contribution >= 0.6 is 0 Å². The Morgan fingerprint density at radius 1 is 1.08 bits per heavy atom. The van der Waals surface area contributed by atoms with E-state index in [1.54, 1.807) is 0 Å². The molecule has 0 N–H and O–H groups in total. The Morgan fingerprint density at radius 3 is 2.64 bits per heavy atom. The van der Waals surface area contributed by atoms with Gasteiger partial charge in [-0.15, -0.1) is 0 Å². The quantitative estimate of drug-likeness (QED) is 0.865. The first-order valence-electron chi connectivity index (χ1n) is 9.05. The normalized spacial score (nSPS) is 19.6. The van der Waals surface area contributed by atoms with E-state index in [9.17, 15) is 4.79 Å². The Balaban J connectivity index is 1.50. The molecule has 25 heavy (non-hydrogen) atoms. The van der Waals surface area contributed by atoms with E-state index in [0.717, 1.165) is 49.6 Å². The van der Waals surface area contributed by atoms with E-state index in [4.69, 9.17) is 0 Å². The molecule has 130 valence electrons. The van der Waals surface area contributed by atoms with Crippen LogP contribution in [0.2, 0.25) is 0 Å². The Kier molecular flexibility index (Phi) is 4.15. The van der Waals surface area contributed by atoms with Gasteiger partial charge < -0.3 is 9.80 Å². The van der Waals surface area contributed by atoms with Crippen LogP contribution in [0.5, 0.6) is 0 Å². The van der Waals surface area contributed by atoms with Gasteiger partial charge in [0.05, 0.1) is 12.2 Å². The van der Waals surface area contributed by atoms with Gasteiger partial charge in [0, 0.05) is 36.9 Å². The van der Waals surface area contributed by atoms with E-state index in [1.807, 2.05) is 43.5 Å². The number of pyridine rings is 2. The van der Waals surface area contributed by atoms with Crippen LogP contribution in [-0.4, -0.2) is 39.4 Å². The molecular formula is C20H24N4O. The minimum absolute atomic E-state index is 0.00616. The number of aryl methyl sites for hydroxylation is 1. The monoisotopic (exact) mass is 336 g/mol. The number of amides is 1. The van der Waals surface area contributed by atoms with Crippen LogP contribution in [0.1, 0.15) is 37.1 Å². The van der Waals surface area contributed by atoms with Gasteiger partial charge in [-0.1, -0.05) is 12.1 Å². The topological polar surface area (TPSA) is 49.3 Å². The van der Waals surface area contributed by atoms with Gasteiger partial charge in [-0.05, 0) is 50.5 Å². The van der Waals surface area contributed by atoms with Crippen molar-refractivity contribution >= 4 is 11.7 Å². The lowest BCUT2D eigenvalue weighted by Crippen LogP contribution is -2.53. The number of piperidine rings is 1. The number of rotatable bonds is 3. The van der Waals surface area contributed by atoms with Gasteiger partial charge in [-0.2, -0.15) is 0 Å². The number of hydrogen-bond acceptors (Lipinski definition) is 4. The molecule has 2 fully saturated rings. The molecule has 1 spiro atoms. The van der Waals surface area contributed by atoms with E-state index >= 15 is 0 Å². The van der Waals surface area contributed by atoms with Crippen molar-refractivity contribution in [1.82, 2.24) is 14.9 Å². The SMILES string of the molecule is Cc1cccc(CN2C(=O)CCC23CCN(c2ccccn2)CC3)n1. The van der Waals surface area contributed by atoms with Crippen LogP contribution in [0.4, 0.5) is 5.82 Å². The highest BCUT2D eigenvalue weighted by Gasteiger charge is 2.46. The smallest absolute Gasteiger partial charge is 0.223 e. The predicted octanol–water partition coefficient (Wildman–Crippen LogP) is 2.95. The van der Waals surface area contributed by atoms with Gasteiger partial charge in [-0.25, -0.2) is 4.98 Å². The first-order chi connectivity index (χ1) is 12.2. The Bertz CT molecular complexity index is 753. The summed E-state index contributed by atoms with van der Waals surface area (Å²) in [6.07, 6.45) is 5.47. The zero-order chi connectivity index (χ0) is 17.3. The van der Waals surface area contributed by atoms with Crippen molar-refractivity contribution in [2.24, 2.45) is 0 Å². The molecule has 0 unspecified atom stereocenters. The number of aromatic nitrogens is 2. The molecular weight excluding hydrogens is 312 g/mol. The number of anilines is 1. The van der Waals surface area contributed by atoms with Crippen molar-refractivity contribution in [2.45, 2.75) is 44.7 Å². The van der Waals surface area contributed by atoms with Crippen molar-refractivity contribution in [1.29, 1.82) is 0 Å². The largest absolute Gasteiger partial charge is 0.356 e. The standard InChI is InChI=1S/C20H24N4O/c1-16-5-4-6-17(22-16)15-24-19(25)8-9-20(24)10-13-23(14-11-20)18-7-2-3-12-21-18/h2-7,12H,8-11,13-15H2,1H3. The minimum Gasteiger partial charge on any atom is -0.356 e. The van der Waals surface area contributed by atoms with Gasteiger partial charge in [-0.3, -0.25) is 9.78 Å². The summed E-state index contributed by atoms with van der Waals surface area (Å²) < 4.78 is 0. The molecule has 0 radical (unpaired) electrons. The maximum absolute atomic E-state index is 12.6. The lowest BCUT2D eigenvalue weighted by Gasteiger charge is -2.45. The molecule has 5 heteroatoms. The fourth-order valence-corrected chi connectivity index (χ4v) is 4.19. The van der Waals surface area contributed by atoms with Gasteiger partial charge in [0.1, 0.15) is 5.82 Å². The summed E-state index contributed by atoms with van der Waals surface area (Å²) in [6, 6.07) is 12.1. The lowest BCUT2D eigenvalue weighted by atomic mass is 9.85. The van der Waals surface area contributed by atoms with Crippen LogP contribution < -0.4 is 4.90 Å². The van der Waals surface area contributed by atoms with Crippen LogP contribution in [0.15, 0.2) is 42.6 Å². The molecule has 4 rings (SSSR count). The third-order valence-electron chi connectivity index (χ3n) is 5.61. The molecule has 5 nitrogen and oxygen atoms in total. The van der Waals surface area contributed by atoms with Crippen molar-refractivity contribution < 1.29 is 4.79 Å². The van der Waals surface area contributed by atoms with Gasteiger partial charge in [0.15, 0.2) is 0 Å². The number of nitrogens with zero attached hydrogens (tertiary/aromatic N) is 4. The highest BCUT2D eigenvalue weighted by atomic mass is 16.2. The van der Waals surface area contributed by atoms with Crippen LogP contribution in [0.3, 0.4) is 0 Å².